The third kappa shape index (κ3) is 6.67. The molecule has 9 aromatic carbocycles. The molecule has 0 amide bonds. The number of ether oxygens (including phenoxy) is 1. The van der Waals surface area contributed by atoms with Gasteiger partial charge in [-0.05, 0) is 113 Å². The number of benzene rings is 9. The third-order valence-electron chi connectivity index (χ3n) is 13.4. The number of para-hydroxylation sites is 4. The maximum atomic E-state index is 6.70. The van der Waals surface area contributed by atoms with Gasteiger partial charge in [0.1, 0.15) is 11.5 Å². The zero-order chi connectivity index (χ0) is 43.9. The number of allylic oxidation sites excluding steroid dienone is 5. The second-order valence-electron chi connectivity index (χ2n) is 17.1. The number of hydrogen-bond acceptors (Lipinski definition) is 2. The van der Waals surface area contributed by atoms with Crippen molar-refractivity contribution in [3.8, 4) is 39.4 Å². The van der Waals surface area contributed by atoms with Gasteiger partial charge in [0.2, 0.25) is 0 Å². The molecule has 0 saturated carbocycles. The van der Waals surface area contributed by atoms with Crippen LogP contribution in [0.1, 0.15) is 29.5 Å². The zero-order valence-corrected chi connectivity index (χ0v) is 36.5. The molecule has 0 N–H and O–H groups in total. The van der Waals surface area contributed by atoms with Gasteiger partial charge in [-0.3, -0.25) is 0 Å². The largest absolute Gasteiger partial charge is 0.457 e. The highest BCUT2D eigenvalue weighted by Gasteiger charge is 2.46. The summed E-state index contributed by atoms with van der Waals surface area (Å²) in [6.45, 7) is 0. The van der Waals surface area contributed by atoms with E-state index in [4.69, 9.17) is 4.74 Å². The van der Waals surface area contributed by atoms with E-state index < -0.39 is 5.41 Å². The molecule has 0 fully saturated rings. The Morgan fingerprint density at radius 2 is 0.970 bits per heavy atom. The van der Waals surface area contributed by atoms with E-state index >= 15 is 0 Å². The molecule has 66 heavy (non-hydrogen) atoms. The van der Waals surface area contributed by atoms with Gasteiger partial charge in [0.15, 0.2) is 0 Å². The lowest BCUT2D eigenvalue weighted by Crippen LogP contribution is -2.35. The van der Waals surface area contributed by atoms with Crippen LogP contribution in [-0.4, -0.2) is 4.57 Å². The molecule has 1 aliphatic heterocycles. The Bertz CT molecular complexity index is 3430. The van der Waals surface area contributed by atoms with Crippen LogP contribution < -0.4 is 9.64 Å². The van der Waals surface area contributed by atoms with Crippen molar-refractivity contribution in [3.05, 3.63) is 283 Å². The Morgan fingerprint density at radius 1 is 0.439 bits per heavy atom. The molecule has 0 radical (unpaired) electrons. The van der Waals surface area contributed by atoms with E-state index in [1.165, 1.54) is 60.9 Å². The van der Waals surface area contributed by atoms with Gasteiger partial charge in [-0.15, -0.1) is 0 Å². The van der Waals surface area contributed by atoms with Gasteiger partial charge in [-0.2, -0.15) is 0 Å². The summed E-state index contributed by atoms with van der Waals surface area (Å²) in [4.78, 5) is 2.45. The summed E-state index contributed by atoms with van der Waals surface area (Å²) in [5.74, 6) is 1.75. The highest BCUT2D eigenvalue weighted by Crippen LogP contribution is 2.56. The maximum absolute atomic E-state index is 6.70. The number of aromatic nitrogens is 1. The Hall–Kier alpha value is -8.40. The van der Waals surface area contributed by atoms with Crippen molar-refractivity contribution in [1.29, 1.82) is 0 Å². The molecule has 2 heterocycles. The summed E-state index contributed by atoms with van der Waals surface area (Å²) >= 11 is 0. The summed E-state index contributed by atoms with van der Waals surface area (Å²) < 4.78 is 9.07. The average molecular weight is 847 g/mol. The minimum Gasteiger partial charge on any atom is -0.457 e. The fourth-order valence-electron chi connectivity index (χ4n) is 10.4. The fraction of sp³-hybridized carbons (Fsp3) is 0.0476. The van der Waals surface area contributed by atoms with Crippen LogP contribution in [0.4, 0.5) is 11.4 Å². The minimum absolute atomic E-state index is 0.641. The second-order valence-corrected chi connectivity index (χ2v) is 17.1. The first-order chi connectivity index (χ1) is 32.7. The SMILES string of the molecule is C1=C\C/C(N(c2ccc(-c3ccccc3)cc2)c2ccc(-c3ccc4c(c3)c3ccccc3n4-c3ccccc3)cc2)=C\C(C2(c3ccccc3)c3ccccc3Oc3ccccc32)=C\C/1. The summed E-state index contributed by atoms with van der Waals surface area (Å²) in [6.07, 6.45) is 11.1. The lowest BCUT2D eigenvalue weighted by atomic mass is 9.62. The van der Waals surface area contributed by atoms with Gasteiger partial charge in [0, 0.05) is 51.1 Å². The van der Waals surface area contributed by atoms with Gasteiger partial charge < -0.3 is 14.2 Å². The Kier molecular flexibility index (Phi) is 9.87. The smallest absolute Gasteiger partial charge is 0.132 e. The molecule has 314 valence electrons. The van der Waals surface area contributed by atoms with E-state index in [2.05, 4.69) is 264 Å². The molecule has 12 rings (SSSR count). The standard InChI is InChI=1S/C63H46N2O/c1-5-19-45(20-6-1)46-33-38-52(39-34-46)64(53-40-35-47(36-41-53)48-37-42-60-56(43-48)55-27-13-16-30-59(55)65(60)51-24-10-4-11-25-51)54-26-12-3-9-23-50(44-54)63(49-21-7-2-8-22-49)57-28-14-17-31-61(57)66-62-32-18-15-29-58(62)63/h1-8,10-25,27-44H,9,26H2/b12-3-,50-23-,54-44+. The van der Waals surface area contributed by atoms with Crippen molar-refractivity contribution in [3.63, 3.8) is 0 Å². The molecule has 3 nitrogen and oxygen atoms in total. The van der Waals surface area contributed by atoms with Crippen LogP contribution in [0.3, 0.4) is 0 Å². The summed E-state index contributed by atoms with van der Waals surface area (Å²) in [7, 11) is 0. The van der Waals surface area contributed by atoms with Gasteiger partial charge in [0.25, 0.3) is 0 Å². The van der Waals surface area contributed by atoms with Gasteiger partial charge in [-0.25, -0.2) is 0 Å². The molecular formula is C63H46N2O. The van der Waals surface area contributed by atoms with E-state index in [-0.39, 0.29) is 0 Å². The molecule has 0 bridgehead atoms. The first-order valence-electron chi connectivity index (χ1n) is 22.9. The van der Waals surface area contributed by atoms with E-state index in [9.17, 15) is 0 Å². The quantitative estimate of drug-likeness (QED) is 0.142. The highest BCUT2D eigenvalue weighted by atomic mass is 16.5. The average Bonchev–Trinajstić information content (AvgIpc) is 3.71. The van der Waals surface area contributed by atoms with E-state index in [0.717, 1.165) is 52.5 Å². The number of hydrogen-bond donors (Lipinski definition) is 0. The second kappa shape index (κ2) is 16.6. The van der Waals surface area contributed by atoms with E-state index in [1.54, 1.807) is 0 Å². The monoisotopic (exact) mass is 846 g/mol. The number of fused-ring (bicyclic) bond motifs is 5. The molecular weight excluding hydrogens is 801 g/mol. The van der Waals surface area contributed by atoms with Crippen molar-refractivity contribution < 1.29 is 4.74 Å². The third-order valence-corrected chi connectivity index (χ3v) is 13.4. The lowest BCUT2D eigenvalue weighted by Gasteiger charge is -2.43. The number of rotatable bonds is 8. The maximum Gasteiger partial charge on any atom is 0.132 e. The van der Waals surface area contributed by atoms with Gasteiger partial charge >= 0.3 is 0 Å². The first kappa shape index (κ1) is 39.2. The van der Waals surface area contributed by atoms with Crippen molar-refractivity contribution in [1.82, 2.24) is 4.57 Å². The minimum atomic E-state index is -0.641. The van der Waals surface area contributed by atoms with Crippen molar-refractivity contribution in [2.45, 2.75) is 18.3 Å². The molecule has 2 aliphatic rings. The molecule has 3 heteroatoms. The van der Waals surface area contributed by atoms with Crippen LogP contribution in [0.25, 0.3) is 49.7 Å². The normalized spacial score (nSPS) is 16.1. The van der Waals surface area contributed by atoms with Gasteiger partial charge in [0.05, 0.1) is 16.4 Å². The van der Waals surface area contributed by atoms with Crippen molar-refractivity contribution in [2.75, 3.05) is 4.90 Å². The first-order valence-corrected chi connectivity index (χ1v) is 22.9. The molecule has 0 saturated heterocycles. The Morgan fingerprint density at radius 3 is 1.65 bits per heavy atom. The predicted molar refractivity (Wildman–Crippen MR) is 274 cm³/mol. The van der Waals surface area contributed by atoms with Crippen LogP contribution in [0, 0.1) is 0 Å². The number of anilines is 2. The Labute approximate surface area is 386 Å². The van der Waals surface area contributed by atoms with E-state index in [0.29, 0.717) is 0 Å². The highest BCUT2D eigenvalue weighted by molar-refractivity contribution is 6.10. The molecule has 0 atom stereocenters. The summed E-state index contributed by atoms with van der Waals surface area (Å²) in [5.41, 5.74) is 15.7. The van der Waals surface area contributed by atoms with Crippen LogP contribution in [0.15, 0.2) is 266 Å². The van der Waals surface area contributed by atoms with Crippen LogP contribution in [0.2, 0.25) is 0 Å². The molecule has 1 aliphatic carbocycles. The molecule has 0 unspecified atom stereocenters. The van der Waals surface area contributed by atoms with Crippen LogP contribution in [-0.2, 0) is 5.41 Å². The molecule has 1 aromatic heterocycles. The van der Waals surface area contributed by atoms with Crippen LogP contribution in [0.5, 0.6) is 11.5 Å². The summed E-state index contributed by atoms with van der Waals surface area (Å²) in [5, 5.41) is 2.49. The van der Waals surface area contributed by atoms with Gasteiger partial charge in [-0.1, -0.05) is 182 Å². The van der Waals surface area contributed by atoms with Crippen LogP contribution >= 0.6 is 0 Å². The lowest BCUT2D eigenvalue weighted by molar-refractivity contribution is 0.434. The van der Waals surface area contributed by atoms with Crippen molar-refractivity contribution >= 4 is 33.2 Å². The molecule has 0 spiro atoms. The van der Waals surface area contributed by atoms with E-state index in [1.807, 2.05) is 0 Å². The summed E-state index contributed by atoms with van der Waals surface area (Å²) in [6, 6.07) is 83.2. The fourth-order valence-corrected chi connectivity index (χ4v) is 10.4. The number of nitrogens with zero attached hydrogens (tertiary/aromatic N) is 2. The van der Waals surface area contributed by atoms with Crippen molar-refractivity contribution in [2.24, 2.45) is 0 Å². The topological polar surface area (TPSA) is 17.4 Å². The Balaban J connectivity index is 1.02. The molecule has 10 aromatic rings. The predicted octanol–water partition coefficient (Wildman–Crippen LogP) is 16.6. The zero-order valence-electron chi connectivity index (χ0n) is 36.5.